The van der Waals surface area contributed by atoms with E-state index in [1.165, 1.54) is 0 Å². The normalized spacial score (nSPS) is 17.8. The quantitative estimate of drug-likeness (QED) is 0.463. The SMILES string of the molecule is CC(C)(C)OC(=O)Nc1cc(CN2CCC(C(=O)N3CCC(Oc4cc(Cl)cc(Cl)c4)CC3)CC2)ccn1. The Kier molecular flexibility index (Phi) is 9.39. The van der Waals surface area contributed by atoms with E-state index in [2.05, 4.69) is 15.2 Å². The Hall–Kier alpha value is -2.55. The highest BCUT2D eigenvalue weighted by atomic mass is 35.5. The van der Waals surface area contributed by atoms with Gasteiger partial charge in [0, 0.05) is 54.6 Å². The maximum atomic E-state index is 13.2. The van der Waals surface area contributed by atoms with E-state index >= 15 is 0 Å². The number of nitrogens with one attached hydrogen (secondary N) is 1. The number of halogens is 2. The van der Waals surface area contributed by atoms with Gasteiger partial charge in [0.2, 0.25) is 5.91 Å². The van der Waals surface area contributed by atoms with Crippen LogP contribution in [0.15, 0.2) is 36.5 Å². The van der Waals surface area contributed by atoms with Gasteiger partial charge in [0.25, 0.3) is 0 Å². The fourth-order valence-electron chi connectivity index (χ4n) is 4.89. The molecule has 2 fully saturated rings. The van der Waals surface area contributed by atoms with E-state index in [1.807, 2.05) is 37.8 Å². The summed E-state index contributed by atoms with van der Waals surface area (Å²) >= 11 is 12.1. The van der Waals surface area contributed by atoms with Crippen LogP contribution >= 0.6 is 23.2 Å². The second-order valence-electron chi connectivity index (χ2n) is 11.0. The highest BCUT2D eigenvalue weighted by Gasteiger charge is 2.31. The van der Waals surface area contributed by atoms with Gasteiger partial charge in [-0.05, 0) is 82.6 Å². The predicted molar refractivity (Wildman–Crippen MR) is 149 cm³/mol. The first-order chi connectivity index (χ1) is 18.0. The molecule has 0 atom stereocenters. The first kappa shape index (κ1) is 28.5. The summed E-state index contributed by atoms with van der Waals surface area (Å²) in [5, 5.41) is 3.79. The second kappa shape index (κ2) is 12.5. The van der Waals surface area contributed by atoms with Crippen LogP contribution in [0.3, 0.4) is 0 Å². The number of ether oxygens (including phenoxy) is 2. The molecule has 1 N–H and O–H groups in total. The van der Waals surface area contributed by atoms with Crippen LogP contribution in [0.25, 0.3) is 0 Å². The Balaban J connectivity index is 1.20. The van der Waals surface area contributed by atoms with Gasteiger partial charge in [0.05, 0.1) is 0 Å². The number of hydrogen-bond acceptors (Lipinski definition) is 6. The van der Waals surface area contributed by atoms with Crippen molar-refractivity contribution >= 4 is 41.0 Å². The van der Waals surface area contributed by atoms with Crippen molar-refractivity contribution in [3.8, 4) is 5.75 Å². The van der Waals surface area contributed by atoms with Gasteiger partial charge in [-0.3, -0.25) is 15.0 Å². The molecule has 206 valence electrons. The molecule has 10 heteroatoms. The van der Waals surface area contributed by atoms with Crippen LogP contribution in [0.1, 0.15) is 52.0 Å². The number of aromatic nitrogens is 1. The minimum Gasteiger partial charge on any atom is -0.490 e. The minimum absolute atomic E-state index is 0.0468. The van der Waals surface area contributed by atoms with Crippen LogP contribution in [0.4, 0.5) is 10.6 Å². The van der Waals surface area contributed by atoms with Crippen molar-refractivity contribution < 1.29 is 19.1 Å². The molecular weight excluding hydrogens is 527 g/mol. The van der Waals surface area contributed by atoms with Crippen LogP contribution in [0.5, 0.6) is 5.75 Å². The number of benzene rings is 1. The van der Waals surface area contributed by atoms with Gasteiger partial charge < -0.3 is 14.4 Å². The highest BCUT2D eigenvalue weighted by molar-refractivity contribution is 6.34. The van der Waals surface area contributed by atoms with Crippen LogP contribution in [0.2, 0.25) is 10.0 Å². The van der Waals surface area contributed by atoms with E-state index in [9.17, 15) is 9.59 Å². The number of nitrogens with zero attached hydrogens (tertiary/aromatic N) is 3. The minimum atomic E-state index is -0.571. The molecule has 8 nitrogen and oxygen atoms in total. The lowest BCUT2D eigenvalue weighted by Gasteiger charge is -2.37. The number of anilines is 1. The lowest BCUT2D eigenvalue weighted by atomic mass is 9.94. The number of rotatable bonds is 6. The lowest BCUT2D eigenvalue weighted by molar-refractivity contribution is -0.139. The Morgan fingerprint density at radius 1 is 1.00 bits per heavy atom. The molecule has 2 amide bonds. The van der Waals surface area contributed by atoms with E-state index in [-0.39, 0.29) is 17.9 Å². The third-order valence-electron chi connectivity index (χ3n) is 6.69. The standard InChI is InChI=1S/C28H36Cl2N4O4/c1-28(2,3)38-27(36)32-25-14-19(4-9-31-25)18-33-10-5-20(6-11-33)26(35)34-12-7-23(8-13-34)37-24-16-21(29)15-22(30)17-24/h4,9,14-17,20,23H,5-8,10-13,18H2,1-3H3,(H,31,32,36). The van der Waals surface area contributed by atoms with E-state index < -0.39 is 11.7 Å². The Bertz CT molecular complexity index is 1100. The molecule has 0 bridgehead atoms. The molecule has 2 aliphatic heterocycles. The molecule has 3 heterocycles. The number of amides is 2. The Labute approximate surface area is 234 Å². The van der Waals surface area contributed by atoms with Crippen LogP contribution < -0.4 is 10.1 Å². The number of likely N-dealkylation sites (tertiary alicyclic amines) is 2. The summed E-state index contributed by atoms with van der Waals surface area (Å²) in [7, 11) is 0. The van der Waals surface area contributed by atoms with Crippen LogP contribution in [-0.4, -0.2) is 64.7 Å². The van der Waals surface area contributed by atoms with E-state index in [4.69, 9.17) is 32.7 Å². The van der Waals surface area contributed by atoms with Gasteiger partial charge in [0.15, 0.2) is 0 Å². The van der Waals surface area contributed by atoms with Crippen molar-refractivity contribution in [3.05, 3.63) is 52.1 Å². The smallest absolute Gasteiger partial charge is 0.413 e. The molecule has 38 heavy (non-hydrogen) atoms. The topological polar surface area (TPSA) is 84.0 Å². The summed E-state index contributed by atoms with van der Waals surface area (Å²) < 4.78 is 11.4. The average Bonchev–Trinajstić information content (AvgIpc) is 2.83. The lowest BCUT2D eigenvalue weighted by Crippen LogP contribution is -2.46. The van der Waals surface area contributed by atoms with Gasteiger partial charge in [-0.2, -0.15) is 0 Å². The fraction of sp³-hybridized carbons (Fsp3) is 0.536. The molecule has 2 aromatic rings. The molecule has 2 saturated heterocycles. The fourth-order valence-corrected chi connectivity index (χ4v) is 5.39. The van der Waals surface area contributed by atoms with Crippen molar-refractivity contribution in [1.82, 2.24) is 14.8 Å². The van der Waals surface area contributed by atoms with E-state index in [1.54, 1.807) is 24.4 Å². The summed E-state index contributed by atoms with van der Waals surface area (Å²) in [6.07, 6.45) is 4.46. The molecule has 0 aliphatic carbocycles. The molecule has 0 unspecified atom stereocenters. The zero-order valence-electron chi connectivity index (χ0n) is 22.2. The zero-order chi connectivity index (χ0) is 27.3. The van der Waals surface area contributed by atoms with Gasteiger partial charge in [-0.1, -0.05) is 23.2 Å². The molecule has 0 spiro atoms. The summed E-state index contributed by atoms with van der Waals surface area (Å²) in [5.41, 5.74) is 0.484. The van der Waals surface area contributed by atoms with Crippen LogP contribution in [-0.2, 0) is 16.1 Å². The van der Waals surface area contributed by atoms with Gasteiger partial charge in [-0.25, -0.2) is 9.78 Å². The first-order valence-corrected chi connectivity index (χ1v) is 13.9. The van der Waals surface area contributed by atoms with Gasteiger partial charge >= 0.3 is 6.09 Å². The van der Waals surface area contributed by atoms with Crippen molar-refractivity contribution in [2.75, 3.05) is 31.5 Å². The average molecular weight is 564 g/mol. The largest absolute Gasteiger partial charge is 0.490 e. The molecule has 0 radical (unpaired) electrons. The number of piperidine rings is 2. The molecular formula is C28H36Cl2N4O4. The molecule has 0 saturated carbocycles. The van der Waals surface area contributed by atoms with E-state index in [0.717, 1.165) is 50.9 Å². The van der Waals surface area contributed by atoms with Gasteiger partial charge in [0.1, 0.15) is 23.3 Å². The van der Waals surface area contributed by atoms with E-state index in [0.29, 0.717) is 34.7 Å². The van der Waals surface area contributed by atoms with Crippen molar-refractivity contribution in [1.29, 1.82) is 0 Å². The summed E-state index contributed by atoms with van der Waals surface area (Å²) in [4.78, 5) is 33.8. The maximum absolute atomic E-state index is 13.2. The third kappa shape index (κ3) is 8.48. The molecule has 1 aromatic heterocycles. The Morgan fingerprint density at radius 3 is 2.29 bits per heavy atom. The van der Waals surface area contributed by atoms with Crippen molar-refractivity contribution in [2.24, 2.45) is 5.92 Å². The maximum Gasteiger partial charge on any atom is 0.413 e. The number of carbonyl (C=O) groups excluding carboxylic acids is 2. The van der Waals surface area contributed by atoms with Gasteiger partial charge in [-0.15, -0.1) is 0 Å². The zero-order valence-corrected chi connectivity index (χ0v) is 23.7. The number of hydrogen-bond donors (Lipinski definition) is 1. The number of pyridine rings is 1. The Morgan fingerprint density at radius 2 is 1.66 bits per heavy atom. The first-order valence-electron chi connectivity index (χ1n) is 13.1. The van der Waals surface area contributed by atoms with Crippen molar-refractivity contribution in [2.45, 2.75) is 64.7 Å². The molecule has 4 rings (SSSR count). The second-order valence-corrected chi connectivity index (χ2v) is 11.8. The summed E-state index contributed by atoms with van der Waals surface area (Å²) in [6, 6.07) is 9.03. The highest BCUT2D eigenvalue weighted by Crippen LogP contribution is 2.28. The van der Waals surface area contributed by atoms with Crippen molar-refractivity contribution in [3.63, 3.8) is 0 Å². The predicted octanol–water partition coefficient (Wildman–Crippen LogP) is 6.02. The third-order valence-corrected chi connectivity index (χ3v) is 7.13. The molecule has 1 aromatic carbocycles. The number of carbonyl (C=O) groups is 2. The monoisotopic (exact) mass is 562 g/mol. The van der Waals surface area contributed by atoms with Crippen LogP contribution in [0, 0.1) is 5.92 Å². The summed E-state index contributed by atoms with van der Waals surface area (Å²) in [6.45, 7) is 9.29. The molecule has 2 aliphatic rings. The summed E-state index contributed by atoms with van der Waals surface area (Å²) in [5.74, 6) is 1.44.